The maximum Gasteiger partial charge on any atom is 0.291 e. The van der Waals surface area contributed by atoms with Crippen LogP contribution >= 0.6 is 0 Å². The Hall–Kier alpha value is -4.05. The zero-order chi connectivity index (χ0) is 31.3. The van der Waals surface area contributed by atoms with Crippen LogP contribution in [0.25, 0.3) is 0 Å². The lowest BCUT2D eigenvalue weighted by Gasteiger charge is -2.52. The molecule has 4 aliphatic rings. The van der Waals surface area contributed by atoms with E-state index in [1.54, 1.807) is 14.1 Å². The van der Waals surface area contributed by atoms with E-state index in [9.17, 15) is 39.9 Å². The summed E-state index contributed by atoms with van der Waals surface area (Å²) in [4.78, 5) is 52.4. The Morgan fingerprint density at radius 1 is 1.17 bits per heavy atom. The number of aliphatic hydroxyl groups excluding tert-OH is 2. The minimum Gasteiger partial charge on any atom is -0.510 e. The molecule has 1 aromatic carbocycles. The third kappa shape index (κ3) is 4.77. The van der Waals surface area contributed by atoms with Crippen LogP contribution < -0.4 is 5.32 Å². The summed E-state index contributed by atoms with van der Waals surface area (Å²) in [6.07, 6.45) is 1.78. The van der Waals surface area contributed by atoms with E-state index in [0.29, 0.717) is 0 Å². The average Bonchev–Trinajstić information content (AvgIpc) is 3.41. The van der Waals surface area contributed by atoms with Gasteiger partial charge in [0.1, 0.15) is 22.8 Å². The molecule has 1 amide bonds. The Morgan fingerprint density at radius 2 is 1.76 bits per heavy atom. The van der Waals surface area contributed by atoms with Gasteiger partial charge in [-0.15, -0.1) is 10.1 Å². The van der Waals surface area contributed by atoms with Gasteiger partial charge in [0.25, 0.3) is 11.0 Å². The van der Waals surface area contributed by atoms with Gasteiger partial charge < -0.3 is 36.1 Å². The molecule has 0 saturated carbocycles. The third-order valence-corrected chi connectivity index (χ3v) is 8.66. The number of likely N-dealkylation sites (tertiary alicyclic amines) is 1. The molecule has 5 rings (SSSR count). The second kappa shape index (κ2) is 11.0. The van der Waals surface area contributed by atoms with Crippen molar-refractivity contribution in [2.75, 3.05) is 33.9 Å². The summed E-state index contributed by atoms with van der Waals surface area (Å²) in [7, 11) is 3.18. The molecule has 15 nitrogen and oxygen atoms in total. The van der Waals surface area contributed by atoms with E-state index in [0.717, 1.165) is 25.9 Å². The molecule has 1 aromatic rings. The zero-order valence-corrected chi connectivity index (χ0v) is 23.3. The van der Waals surface area contributed by atoms with Crippen LogP contribution in [-0.4, -0.2) is 109 Å². The highest BCUT2D eigenvalue weighted by atomic mass is 16.9. The number of hydrogen-bond acceptors (Lipinski definition) is 12. The van der Waals surface area contributed by atoms with Crippen LogP contribution in [0.15, 0.2) is 40.9 Å². The number of rotatable bonds is 4. The number of fused-ring (bicyclic) bond motifs is 3. The SMILES string of the molecule is CN(C)[C@@H]1C(O)=C(C(=O)NCN2CCCC2)C(=O)[C@@]2(O)C(O)=C3C(=O)c4c(O)cccc4[C@@](C)(O)[C@H]3C[C@@H]12.O=[N+]([O-])O. The number of hydrogen-bond donors (Lipinski definition) is 7. The highest BCUT2D eigenvalue weighted by molar-refractivity contribution is 6.25. The van der Waals surface area contributed by atoms with Gasteiger partial charge in [-0.2, -0.15) is 0 Å². The normalized spacial score (nSPS) is 30.8. The van der Waals surface area contributed by atoms with Crippen molar-refractivity contribution in [3.63, 3.8) is 0 Å². The summed E-state index contributed by atoms with van der Waals surface area (Å²) in [5.74, 6) is -7.17. The molecule has 0 aromatic heterocycles. The van der Waals surface area contributed by atoms with Gasteiger partial charge in [0.15, 0.2) is 11.4 Å². The first kappa shape index (κ1) is 30.9. The van der Waals surface area contributed by atoms with Gasteiger partial charge in [-0.05, 0) is 65.0 Å². The monoisotopic (exact) mass is 590 g/mol. The highest BCUT2D eigenvalue weighted by Crippen LogP contribution is 2.56. The number of phenolic OH excluding ortho intramolecular Hbond substituents is 1. The van der Waals surface area contributed by atoms with Crippen LogP contribution in [0.4, 0.5) is 0 Å². The van der Waals surface area contributed by atoms with Gasteiger partial charge in [0, 0.05) is 17.4 Å². The minimum absolute atomic E-state index is 0.143. The number of aromatic hydroxyl groups is 1. The molecule has 0 spiro atoms. The van der Waals surface area contributed by atoms with E-state index in [2.05, 4.69) is 5.32 Å². The maximum atomic E-state index is 13.8. The molecule has 1 heterocycles. The predicted molar refractivity (Wildman–Crippen MR) is 143 cm³/mol. The van der Waals surface area contributed by atoms with Crippen molar-refractivity contribution < 1.29 is 50.2 Å². The second-order valence-electron chi connectivity index (χ2n) is 11.3. The van der Waals surface area contributed by atoms with Crippen LogP contribution in [0.3, 0.4) is 0 Å². The van der Waals surface area contributed by atoms with Gasteiger partial charge in [0.2, 0.25) is 5.78 Å². The predicted octanol–water partition coefficient (Wildman–Crippen LogP) is 0.122. The van der Waals surface area contributed by atoms with Gasteiger partial charge >= 0.3 is 0 Å². The lowest BCUT2D eigenvalue weighted by molar-refractivity contribution is -0.742. The molecule has 228 valence electrons. The number of nitrogens with one attached hydrogen (secondary N) is 1. The number of phenols is 1. The quantitative estimate of drug-likeness (QED) is 0.140. The van der Waals surface area contributed by atoms with E-state index in [4.69, 9.17) is 15.3 Å². The van der Waals surface area contributed by atoms with Crippen LogP contribution in [-0.2, 0) is 15.2 Å². The second-order valence-corrected chi connectivity index (χ2v) is 11.3. The van der Waals surface area contributed by atoms with E-state index >= 15 is 0 Å². The molecule has 42 heavy (non-hydrogen) atoms. The van der Waals surface area contributed by atoms with Crippen molar-refractivity contribution in [1.29, 1.82) is 0 Å². The number of carbonyl (C=O) groups is 3. The van der Waals surface area contributed by atoms with Crippen LogP contribution in [0.5, 0.6) is 5.75 Å². The molecule has 5 atom stereocenters. The van der Waals surface area contributed by atoms with Crippen molar-refractivity contribution >= 4 is 17.5 Å². The lowest BCUT2D eigenvalue weighted by atomic mass is 9.55. The molecular formula is C27H34N4O11. The molecular weight excluding hydrogens is 556 g/mol. The highest BCUT2D eigenvalue weighted by Gasteiger charge is 2.65. The summed E-state index contributed by atoms with van der Waals surface area (Å²) in [5, 5.41) is 72.9. The maximum absolute atomic E-state index is 13.8. The topological polar surface area (TPSA) is 234 Å². The van der Waals surface area contributed by atoms with E-state index in [1.807, 2.05) is 4.90 Å². The van der Waals surface area contributed by atoms with Crippen molar-refractivity contribution in [3.05, 3.63) is 62.1 Å². The average molecular weight is 591 g/mol. The first-order chi connectivity index (χ1) is 19.6. The van der Waals surface area contributed by atoms with Crippen LogP contribution in [0, 0.1) is 22.0 Å². The minimum atomic E-state index is -2.72. The number of likely N-dealkylation sites (N-methyl/N-ethyl adjacent to an activating group) is 1. The molecule has 0 unspecified atom stereocenters. The Morgan fingerprint density at radius 3 is 2.33 bits per heavy atom. The standard InChI is InChI=1S/C27H33N3O8.HNO3/c1-26(37)13-7-6-8-16(31)17(13)21(32)18-14(26)11-15-20(29(2)3)22(33)19(24(35)27(15,38)23(18)34)25(36)28-12-30-9-4-5-10-30;2-1(3)4/h6-8,14-15,20,31,33-34,37-38H,4-5,9-12H2,1-3H3,(H,28,36);(H,2,3,4)/t14-,15-,20-,26+,27-;/m0./s1. The molecule has 1 saturated heterocycles. The van der Waals surface area contributed by atoms with Crippen molar-refractivity contribution in [2.45, 2.75) is 43.4 Å². The Kier molecular flexibility index (Phi) is 8.08. The Balaban J connectivity index is 0.000000952. The third-order valence-electron chi connectivity index (χ3n) is 8.66. The zero-order valence-electron chi connectivity index (χ0n) is 23.3. The molecule has 3 aliphatic carbocycles. The summed E-state index contributed by atoms with van der Waals surface area (Å²) in [6, 6.07) is 3.16. The largest absolute Gasteiger partial charge is 0.510 e. The van der Waals surface area contributed by atoms with Gasteiger partial charge in [0.05, 0.1) is 23.9 Å². The number of ketones is 2. The fraction of sp³-hybridized carbons (Fsp3) is 0.519. The molecule has 7 N–H and O–H groups in total. The Labute approximate surface area is 240 Å². The van der Waals surface area contributed by atoms with Gasteiger partial charge in [-0.25, -0.2) is 0 Å². The summed E-state index contributed by atoms with van der Waals surface area (Å²) < 4.78 is 0. The van der Waals surface area contributed by atoms with Gasteiger partial charge in [-0.1, -0.05) is 12.1 Å². The molecule has 1 aliphatic heterocycles. The smallest absolute Gasteiger partial charge is 0.291 e. The number of amides is 1. The molecule has 0 radical (unpaired) electrons. The molecule has 0 bridgehead atoms. The van der Waals surface area contributed by atoms with Crippen molar-refractivity contribution in [1.82, 2.24) is 15.1 Å². The number of Topliss-reactive ketones (excluding diaryl/α,β-unsaturated/α-hetero) is 2. The summed E-state index contributed by atoms with van der Waals surface area (Å²) in [6.45, 7) is 3.12. The summed E-state index contributed by atoms with van der Waals surface area (Å²) >= 11 is 0. The van der Waals surface area contributed by atoms with E-state index in [1.165, 1.54) is 30.0 Å². The first-order valence-corrected chi connectivity index (χ1v) is 13.3. The number of aliphatic hydroxyl groups is 4. The first-order valence-electron chi connectivity index (χ1n) is 13.3. The Bertz CT molecular complexity index is 1390. The van der Waals surface area contributed by atoms with E-state index < -0.39 is 80.1 Å². The molecule has 1 fully saturated rings. The number of nitrogens with zero attached hydrogens (tertiary/aromatic N) is 3. The van der Waals surface area contributed by atoms with Gasteiger partial charge in [-0.3, -0.25) is 24.2 Å². The van der Waals surface area contributed by atoms with Crippen LogP contribution in [0.2, 0.25) is 0 Å². The summed E-state index contributed by atoms with van der Waals surface area (Å²) in [5.41, 5.74) is -5.65. The van der Waals surface area contributed by atoms with E-state index in [-0.39, 0.29) is 24.2 Å². The lowest BCUT2D eigenvalue weighted by Crippen LogP contribution is -2.65. The number of carbonyl (C=O) groups excluding carboxylic acids is 3. The van der Waals surface area contributed by atoms with Crippen LogP contribution in [0.1, 0.15) is 42.1 Å². The fourth-order valence-corrected chi connectivity index (χ4v) is 6.70. The van der Waals surface area contributed by atoms with Crippen molar-refractivity contribution in [2.24, 2.45) is 11.8 Å². The number of benzene rings is 1. The molecule has 15 heteroatoms. The fourth-order valence-electron chi connectivity index (χ4n) is 6.70. The van der Waals surface area contributed by atoms with Crippen molar-refractivity contribution in [3.8, 4) is 5.75 Å².